The van der Waals surface area contributed by atoms with Crippen molar-refractivity contribution in [3.8, 4) is 0 Å². The topological polar surface area (TPSA) is 64.7 Å². The summed E-state index contributed by atoms with van der Waals surface area (Å²) >= 11 is 0. The number of amidine groups is 1. The molecule has 4 heteroatoms. The monoisotopic (exact) mass is 156 g/mol. The van der Waals surface area contributed by atoms with Gasteiger partial charge in [0.15, 0.2) is 0 Å². The maximum Gasteiger partial charge on any atom is 0.309 e. The third kappa shape index (κ3) is 1.93. The van der Waals surface area contributed by atoms with Crippen molar-refractivity contribution in [2.24, 2.45) is 16.6 Å². The second-order valence-electron chi connectivity index (χ2n) is 2.59. The SMILES string of the molecule is COC(=O)C1CCN=C(N)C1. The van der Waals surface area contributed by atoms with Crippen molar-refractivity contribution < 1.29 is 9.53 Å². The van der Waals surface area contributed by atoms with Gasteiger partial charge in [0.2, 0.25) is 0 Å². The zero-order valence-corrected chi connectivity index (χ0v) is 6.54. The maximum atomic E-state index is 11.0. The minimum Gasteiger partial charge on any atom is -0.469 e. The molecule has 0 amide bonds. The van der Waals surface area contributed by atoms with Crippen LogP contribution in [0.4, 0.5) is 0 Å². The molecule has 0 bridgehead atoms. The third-order valence-corrected chi connectivity index (χ3v) is 1.78. The molecule has 62 valence electrons. The molecule has 0 aromatic carbocycles. The molecule has 4 nitrogen and oxygen atoms in total. The van der Waals surface area contributed by atoms with E-state index in [-0.39, 0.29) is 11.9 Å². The van der Waals surface area contributed by atoms with Gasteiger partial charge < -0.3 is 10.5 Å². The minimum atomic E-state index is -0.178. The average molecular weight is 156 g/mol. The molecule has 11 heavy (non-hydrogen) atoms. The van der Waals surface area contributed by atoms with Crippen molar-refractivity contribution in [2.45, 2.75) is 12.8 Å². The van der Waals surface area contributed by atoms with E-state index in [1.165, 1.54) is 7.11 Å². The molecule has 1 unspecified atom stereocenters. The number of nitrogens with zero attached hydrogens (tertiary/aromatic N) is 1. The number of ether oxygens (including phenoxy) is 1. The number of hydrogen-bond acceptors (Lipinski definition) is 4. The lowest BCUT2D eigenvalue weighted by molar-refractivity contribution is -0.145. The molecule has 1 heterocycles. The summed E-state index contributed by atoms with van der Waals surface area (Å²) < 4.78 is 4.59. The molecular weight excluding hydrogens is 144 g/mol. The largest absolute Gasteiger partial charge is 0.469 e. The first-order chi connectivity index (χ1) is 5.24. The van der Waals surface area contributed by atoms with Crippen LogP contribution in [0.2, 0.25) is 0 Å². The van der Waals surface area contributed by atoms with Gasteiger partial charge in [-0.1, -0.05) is 0 Å². The summed E-state index contributed by atoms with van der Waals surface area (Å²) in [5.74, 6) is 0.312. The van der Waals surface area contributed by atoms with Gasteiger partial charge in [-0.05, 0) is 6.42 Å². The van der Waals surface area contributed by atoms with Crippen molar-refractivity contribution in [3.05, 3.63) is 0 Å². The van der Waals surface area contributed by atoms with E-state index in [1.54, 1.807) is 0 Å². The van der Waals surface area contributed by atoms with E-state index in [9.17, 15) is 4.79 Å². The number of methoxy groups -OCH3 is 1. The van der Waals surface area contributed by atoms with Crippen LogP contribution in [0.5, 0.6) is 0 Å². The zero-order valence-electron chi connectivity index (χ0n) is 6.54. The Labute approximate surface area is 65.4 Å². The summed E-state index contributed by atoms with van der Waals surface area (Å²) in [4.78, 5) is 15.0. The molecule has 0 aromatic rings. The molecule has 2 N–H and O–H groups in total. The molecule has 0 aliphatic carbocycles. The van der Waals surface area contributed by atoms with Crippen LogP contribution in [-0.4, -0.2) is 25.5 Å². The number of rotatable bonds is 1. The fraction of sp³-hybridized carbons (Fsp3) is 0.714. The highest BCUT2D eigenvalue weighted by Gasteiger charge is 2.22. The van der Waals surface area contributed by atoms with Gasteiger partial charge in [-0.2, -0.15) is 0 Å². The van der Waals surface area contributed by atoms with Gasteiger partial charge in [-0.3, -0.25) is 9.79 Å². The first-order valence-electron chi connectivity index (χ1n) is 3.60. The highest BCUT2D eigenvalue weighted by molar-refractivity contribution is 5.86. The number of aliphatic imine (C=N–C) groups is 1. The van der Waals surface area contributed by atoms with E-state index in [0.29, 0.717) is 18.8 Å². The number of carbonyl (C=O) groups excluding carboxylic acids is 1. The first-order valence-corrected chi connectivity index (χ1v) is 3.60. The van der Waals surface area contributed by atoms with Crippen molar-refractivity contribution in [1.82, 2.24) is 0 Å². The predicted octanol–water partition coefficient (Wildman–Crippen LogP) is -0.0734. The van der Waals surface area contributed by atoms with Crippen molar-refractivity contribution in [1.29, 1.82) is 0 Å². The second-order valence-corrected chi connectivity index (χ2v) is 2.59. The zero-order chi connectivity index (χ0) is 8.27. The van der Waals surface area contributed by atoms with Crippen molar-refractivity contribution in [2.75, 3.05) is 13.7 Å². The van der Waals surface area contributed by atoms with Crippen LogP contribution in [-0.2, 0) is 9.53 Å². The van der Waals surface area contributed by atoms with Crippen LogP contribution in [0.25, 0.3) is 0 Å². The van der Waals surface area contributed by atoms with Crippen LogP contribution in [0.15, 0.2) is 4.99 Å². The molecule has 0 saturated heterocycles. The van der Waals surface area contributed by atoms with Crippen LogP contribution < -0.4 is 5.73 Å². The highest BCUT2D eigenvalue weighted by atomic mass is 16.5. The molecule has 0 radical (unpaired) electrons. The Bertz CT molecular complexity index is 189. The van der Waals surface area contributed by atoms with Crippen LogP contribution >= 0.6 is 0 Å². The molecular formula is C7H12N2O2. The molecule has 1 aliphatic rings. The molecule has 1 rings (SSSR count). The normalized spacial score (nSPS) is 24.1. The fourth-order valence-electron chi connectivity index (χ4n) is 1.15. The van der Waals surface area contributed by atoms with Crippen molar-refractivity contribution >= 4 is 11.8 Å². The highest BCUT2D eigenvalue weighted by Crippen LogP contribution is 2.14. The average Bonchev–Trinajstić information content (AvgIpc) is 2.03. The standard InChI is InChI=1S/C7H12N2O2/c1-11-7(10)5-2-3-9-6(8)4-5/h5H,2-4H2,1H3,(H2,8,9). The molecule has 0 aromatic heterocycles. The van der Waals surface area contributed by atoms with Gasteiger partial charge in [0, 0.05) is 13.0 Å². The first kappa shape index (κ1) is 8.04. The smallest absolute Gasteiger partial charge is 0.309 e. The summed E-state index contributed by atoms with van der Waals surface area (Å²) in [5.41, 5.74) is 5.46. The summed E-state index contributed by atoms with van der Waals surface area (Å²) in [7, 11) is 1.39. The third-order valence-electron chi connectivity index (χ3n) is 1.78. The Morgan fingerprint density at radius 3 is 3.09 bits per heavy atom. The van der Waals surface area contributed by atoms with E-state index in [2.05, 4.69) is 9.73 Å². The van der Waals surface area contributed by atoms with Gasteiger partial charge in [0.05, 0.1) is 18.9 Å². The van der Waals surface area contributed by atoms with E-state index < -0.39 is 0 Å². The lowest BCUT2D eigenvalue weighted by Gasteiger charge is -2.16. The van der Waals surface area contributed by atoms with Crippen LogP contribution in [0.3, 0.4) is 0 Å². The number of esters is 1. The number of nitrogens with two attached hydrogens (primary N) is 1. The molecule has 1 aliphatic heterocycles. The Hall–Kier alpha value is -1.06. The summed E-state index contributed by atoms with van der Waals surface area (Å²) in [6, 6.07) is 0. The Morgan fingerprint density at radius 2 is 2.55 bits per heavy atom. The number of hydrogen-bond donors (Lipinski definition) is 1. The lowest BCUT2D eigenvalue weighted by Crippen LogP contribution is -2.28. The number of carbonyl (C=O) groups is 1. The summed E-state index contributed by atoms with van der Waals surface area (Å²) in [6.45, 7) is 0.644. The maximum absolute atomic E-state index is 11.0. The van der Waals surface area contributed by atoms with Gasteiger partial charge in [0.25, 0.3) is 0 Å². The van der Waals surface area contributed by atoms with E-state index >= 15 is 0 Å². The van der Waals surface area contributed by atoms with Gasteiger partial charge in [-0.15, -0.1) is 0 Å². The Balaban J connectivity index is 2.50. The van der Waals surface area contributed by atoms with E-state index in [4.69, 9.17) is 5.73 Å². The molecule has 1 atom stereocenters. The Morgan fingerprint density at radius 1 is 1.82 bits per heavy atom. The quantitative estimate of drug-likeness (QED) is 0.540. The summed E-state index contributed by atoms with van der Waals surface area (Å²) in [6.07, 6.45) is 1.31. The van der Waals surface area contributed by atoms with Crippen LogP contribution in [0.1, 0.15) is 12.8 Å². The predicted molar refractivity (Wildman–Crippen MR) is 41.2 cm³/mol. The van der Waals surface area contributed by atoms with Gasteiger partial charge >= 0.3 is 5.97 Å². The van der Waals surface area contributed by atoms with Crippen molar-refractivity contribution in [3.63, 3.8) is 0 Å². The molecule has 0 saturated carbocycles. The Kier molecular flexibility index (Phi) is 2.46. The van der Waals surface area contributed by atoms with E-state index in [0.717, 1.165) is 6.42 Å². The van der Waals surface area contributed by atoms with E-state index in [1.807, 2.05) is 0 Å². The van der Waals surface area contributed by atoms with Gasteiger partial charge in [0.1, 0.15) is 0 Å². The lowest BCUT2D eigenvalue weighted by atomic mass is 9.99. The second kappa shape index (κ2) is 3.37. The molecule has 0 spiro atoms. The molecule has 0 fully saturated rings. The van der Waals surface area contributed by atoms with Crippen LogP contribution in [0, 0.1) is 5.92 Å². The minimum absolute atomic E-state index is 0.0718. The fourth-order valence-corrected chi connectivity index (χ4v) is 1.15. The summed E-state index contributed by atoms with van der Waals surface area (Å²) in [5, 5.41) is 0. The van der Waals surface area contributed by atoms with Gasteiger partial charge in [-0.25, -0.2) is 0 Å².